The monoisotopic (exact) mass is 492 g/mol. The number of carboxylic acid groups (broad SMARTS) is 1. The molecule has 186 valence electrons. The van der Waals surface area contributed by atoms with Crippen LogP contribution >= 0.6 is 0 Å². The van der Waals surface area contributed by atoms with Crippen molar-refractivity contribution in [3.05, 3.63) is 89.1 Å². The second-order valence-electron chi connectivity index (χ2n) is 9.23. The fourth-order valence-corrected chi connectivity index (χ4v) is 5.35. The van der Waals surface area contributed by atoms with Crippen molar-refractivity contribution in [1.29, 1.82) is 0 Å². The minimum absolute atomic E-state index is 0.0316. The van der Waals surface area contributed by atoms with E-state index in [1.807, 2.05) is 0 Å². The molecular weight excluding hydrogens is 465 g/mol. The quantitative estimate of drug-likeness (QED) is 0.266. The summed E-state index contributed by atoms with van der Waals surface area (Å²) in [5, 5.41) is 10.5. The molecule has 5 rings (SSSR count). The Morgan fingerprint density at radius 1 is 0.944 bits per heavy atom. The fraction of sp³-hybridized carbons (Fsp3) is 0.276. The summed E-state index contributed by atoms with van der Waals surface area (Å²) < 4.78 is 41.1. The van der Waals surface area contributed by atoms with Gasteiger partial charge in [0.05, 0.1) is 11.1 Å². The highest BCUT2D eigenvalue weighted by Gasteiger charge is 2.34. The third kappa shape index (κ3) is 4.57. The van der Waals surface area contributed by atoms with Crippen molar-refractivity contribution >= 4 is 22.6 Å². The number of fused-ring (bicyclic) bond motifs is 2. The van der Waals surface area contributed by atoms with E-state index < -0.39 is 17.7 Å². The lowest BCUT2D eigenvalue weighted by Crippen LogP contribution is -2.30. The Labute approximate surface area is 207 Å². The molecule has 1 aliphatic heterocycles. The second kappa shape index (κ2) is 9.72. The number of para-hydroxylation sites is 2. The molecule has 1 aromatic heterocycles. The molecule has 0 radical (unpaired) electrons. The molecule has 0 saturated heterocycles. The summed E-state index contributed by atoms with van der Waals surface area (Å²) >= 11 is 0. The van der Waals surface area contributed by atoms with Crippen molar-refractivity contribution in [3.8, 4) is 11.1 Å². The number of benzene rings is 3. The van der Waals surface area contributed by atoms with Gasteiger partial charge in [-0.3, -0.25) is 0 Å². The van der Waals surface area contributed by atoms with E-state index in [1.165, 1.54) is 23.4 Å². The normalized spacial score (nSPS) is 13.7. The first kappa shape index (κ1) is 24.0. The Morgan fingerprint density at radius 3 is 2.50 bits per heavy atom. The highest BCUT2D eigenvalue weighted by Crippen LogP contribution is 2.40. The van der Waals surface area contributed by atoms with Crippen LogP contribution in [0.5, 0.6) is 0 Å². The molecule has 0 saturated carbocycles. The maximum Gasteiger partial charge on any atom is 0.417 e. The Kier molecular flexibility index (Phi) is 6.48. The Hall–Kier alpha value is -3.74. The smallest absolute Gasteiger partial charge is 0.417 e. The van der Waals surface area contributed by atoms with Gasteiger partial charge in [0, 0.05) is 29.7 Å². The maximum atomic E-state index is 13.7. The van der Waals surface area contributed by atoms with Crippen LogP contribution in [0.1, 0.15) is 46.4 Å². The summed E-state index contributed by atoms with van der Waals surface area (Å²) in [6.07, 6.45) is -0.126. The summed E-state index contributed by atoms with van der Waals surface area (Å²) in [6.45, 7) is 1.89. The first-order chi connectivity index (χ1) is 17.3. The highest BCUT2D eigenvalue weighted by atomic mass is 19.4. The maximum absolute atomic E-state index is 13.7. The number of halogens is 3. The topological polar surface area (TPSA) is 56.3 Å². The summed E-state index contributed by atoms with van der Waals surface area (Å²) in [4.78, 5) is 17.4. The second-order valence-corrected chi connectivity index (χ2v) is 9.23. The number of nitrogens with zero attached hydrogens (tertiary/aromatic N) is 1. The number of aromatic nitrogens is 1. The Morgan fingerprint density at radius 2 is 1.69 bits per heavy atom. The molecule has 2 N–H and O–H groups in total. The molecule has 0 fully saturated rings. The number of aryl methyl sites for hydroxylation is 2. The van der Waals surface area contributed by atoms with Gasteiger partial charge in [-0.2, -0.15) is 13.2 Å². The highest BCUT2D eigenvalue weighted by molar-refractivity contribution is 6.03. The lowest BCUT2D eigenvalue weighted by Gasteiger charge is -2.31. The molecule has 0 bridgehead atoms. The number of anilines is 1. The van der Waals surface area contributed by atoms with Crippen LogP contribution in [0.4, 0.5) is 18.9 Å². The van der Waals surface area contributed by atoms with E-state index >= 15 is 0 Å². The summed E-state index contributed by atoms with van der Waals surface area (Å²) in [7, 11) is 0. The number of hydrogen-bond acceptors (Lipinski definition) is 2. The third-order valence-corrected chi connectivity index (χ3v) is 6.99. The number of carbonyl (C=O) groups is 1. The van der Waals surface area contributed by atoms with Crippen LogP contribution in [-0.4, -0.2) is 29.1 Å². The molecule has 0 spiro atoms. The van der Waals surface area contributed by atoms with Gasteiger partial charge in [0.1, 0.15) is 5.69 Å². The predicted molar refractivity (Wildman–Crippen MR) is 136 cm³/mol. The van der Waals surface area contributed by atoms with E-state index in [0.717, 1.165) is 44.8 Å². The van der Waals surface area contributed by atoms with Gasteiger partial charge in [-0.15, -0.1) is 0 Å². The third-order valence-electron chi connectivity index (χ3n) is 6.99. The minimum Gasteiger partial charge on any atom is -0.477 e. The van der Waals surface area contributed by atoms with E-state index in [9.17, 15) is 23.1 Å². The SMILES string of the molecule is O=C(O)c1[nH]c2c(-c3ccccc3C(F)(F)F)cccc2c1CCCCN1CCCc2ccccc21. The van der Waals surface area contributed by atoms with Crippen LogP contribution in [0.3, 0.4) is 0 Å². The van der Waals surface area contributed by atoms with Gasteiger partial charge in [0.2, 0.25) is 0 Å². The van der Waals surface area contributed by atoms with Gasteiger partial charge >= 0.3 is 12.1 Å². The zero-order valence-corrected chi connectivity index (χ0v) is 19.7. The van der Waals surface area contributed by atoms with E-state index in [4.69, 9.17) is 0 Å². The van der Waals surface area contributed by atoms with E-state index in [2.05, 4.69) is 34.1 Å². The standard InChI is InChI=1S/C29H27F3N2O2/c30-29(31,32)24-15-3-2-11-20(24)21-13-7-14-22-23(27(28(35)36)33-26(21)22)12-5-6-17-34-18-8-10-19-9-1-4-16-25(19)34/h1-4,7,9,11,13-16,33H,5-6,8,10,12,17-18H2,(H,35,36). The number of carboxylic acids is 1. The minimum atomic E-state index is -4.52. The van der Waals surface area contributed by atoms with Crippen molar-refractivity contribution in [2.24, 2.45) is 0 Å². The lowest BCUT2D eigenvalue weighted by atomic mass is 9.96. The molecular formula is C29H27F3N2O2. The zero-order chi connectivity index (χ0) is 25.3. The van der Waals surface area contributed by atoms with Gasteiger partial charge in [0.25, 0.3) is 0 Å². The number of hydrogen-bond donors (Lipinski definition) is 2. The number of aromatic carboxylic acids is 1. The fourth-order valence-electron chi connectivity index (χ4n) is 5.35. The van der Waals surface area contributed by atoms with Crippen LogP contribution in [-0.2, 0) is 19.0 Å². The Bertz CT molecular complexity index is 1410. The van der Waals surface area contributed by atoms with Crippen LogP contribution in [0.2, 0.25) is 0 Å². The molecule has 1 aliphatic rings. The first-order valence-electron chi connectivity index (χ1n) is 12.2. The van der Waals surface area contributed by atoms with Gasteiger partial charge in [-0.25, -0.2) is 4.79 Å². The largest absolute Gasteiger partial charge is 0.477 e. The zero-order valence-electron chi connectivity index (χ0n) is 19.7. The average molecular weight is 493 g/mol. The number of nitrogens with one attached hydrogen (secondary N) is 1. The number of alkyl halides is 3. The lowest BCUT2D eigenvalue weighted by molar-refractivity contribution is -0.137. The van der Waals surface area contributed by atoms with Crippen LogP contribution in [0.25, 0.3) is 22.0 Å². The van der Waals surface area contributed by atoms with Gasteiger partial charge in [0.15, 0.2) is 0 Å². The van der Waals surface area contributed by atoms with E-state index in [-0.39, 0.29) is 11.3 Å². The predicted octanol–water partition coefficient (Wildman–Crippen LogP) is 7.33. The summed E-state index contributed by atoms with van der Waals surface area (Å²) in [5.41, 5.74) is 3.38. The summed E-state index contributed by atoms with van der Waals surface area (Å²) in [5.74, 6) is -1.11. The van der Waals surface area contributed by atoms with Crippen molar-refractivity contribution in [2.45, 2.75) is 38.3 Å². The molecule has 3 aromatic carbocycles. The van der Waals surface area contributed by atoms with Crippen molar-refractivity contribution in [2.75, 3.05) is 18.0 Å². The number of rotatable bonds is 7. The molecule has 4 nitrogen and oxygen atoms in total. The van der Waals surface area contributed by atoms with Gasteiger partial charge < -0.3 is 15.0 Å². The molecule has 0 unspecified atom stereocenters. The van der Waals surface area contributed by atoms with E-state index in [1.54, 1.807) is 24.3 Å². The van der Waals surface area contributed by atoms with Crippen LogP contribution in [0.15, 0.2) is 66.7 Å². The average Bonchev–Trinajstić information content (AvgIpc) is 3.25. The molecule has 0 atom stereocenters. The first-order valence-corrected chi connectivity index (χ1v) is 12.2. The van der Waals surface area contributed by atoms with E-state index in [0.29, 0.717) is 28.5 Å². The molecule has 36 heavy (non-hydrogen) atoms. The van der Waals surface area contributed by atoms with Crippen molar-refractivity contribution in [1.82, 2.24) is 4.98 Å². The molecule has 7 heteroatoms. The molecule has 0 aliphatic carbocycles. The Balaban J connectivity index is 1.41. The number of aromatic amines is 1. The van der Waals surface area contributed by atoms with Crippen LogP contribution < -0.4 is 4.90 Å². The molecule has 0 amide bonds. The van der Waals surface area contributed by atoms with Crippen LogP contribution in [0, 0.1) is 0 Å². The van der Waals surface area contributed by atoms with Gasteiger partial charge in [-0.05, 0) is 60.9 Å². The van der Waals surface area contributed by atoms with Crippen molar-refractivity contribution in [3.63, 3.8) is 0 Å². The number of unbranched alkanes of at least 4 members (excludes halogenated alkanes) is 1. The summed E-state index contributed by atoms with van der Waals surface area (Å²) in [6, 6.07) is 18.9. The number of H-pyrrole nitrogens is 1. The molecule has 4 aromatic rings. The molecule has 2 heterocycles. The van der Waals surface area contributed by atoms with Crippen molar-refractivity contribution < 1.29 is 23.1 Å². The van der Waals surface area contributed by atoms with Gasteiger partial charge in [-0.1, -0.05) is 54.6 Å².